The second-order valence-electron chi connectivity index (χ2n) is 6.25. The number of nitrogens with zero attached hydrogens (tertiary/aromatic N) is 4. The monoisotopic (exact) mass is 398 g/mol. The van der Waals surface area contributed by atoms with E-state index >= 15 is 0 Å². The number of amides is 1. The number of benzene rings is 2. The van der Waals surface area contributed by atoms with E-state index in [-0.39, 0.29) is 18.8 Å². The van der Waals surface area contributed by atoms with E-state index in [4.69, 9.17) is 16.3 Å². The van der Waals surface area contributed by atoms with E-state index < -0.39 is 11.9 Å². The van der Waals surface area contributed by atoms with Crippen molar-refractivity contribution in [3.8, 4) is 5.69 Å². The number of methoxy groups -OCH3 is 1. The van der Waals surface area contributed by atoms with E-state index in [1.165, 1.54) is 16.7 Å². The van der Waals surface area contributed by atoms with E-state index in [9.17, 15) is 9.59 Å². The molecule has 0 unspecified atom stereocenters. The van der Waals surface area contributed by atoms with Crippen LogP contribution in [-0.4, -0.2) is 45.4 Å². The van der Waals surface area contributed by atoms with Gasteiger partial charge in [0.25, 0.3) is 5.91 Å². The van der Waals surface area contributed by atoms with Gasteiger partial charge >= 0.3 is 5.97 Å². The number of carbonyl (C=O) groups is 2. The number of esters is 1. The van der Waals surface area contributed by atoms with Gasteiger partial charge in [-0.1, -0.05) is 46.6 Å². The van der Waals surface area contributed by atoms with Crippen molar-refractivity contribution in [1.29, 1.82) is 0 Å². The molecule has 3 rings (SSSR count). The van der Waals surface area contributed by atoms with Crippen LogP contribution >= 0.6 is 11.6 Å². The number of hydrogen-bond donors (Lipinski definition) is 0. The second-order valence-corrected chi connectivity index (χ2v) is 6.68. The minimum atomic E-state index is -0.520. The Morgan fingerprint density at radius 1 is 1.11 bits per heavy atom. The molecule has 0 aliphatic carbocycles. The highest BCUT2D eigenvalue weighted by molar-refractivity contribution is 6.30. The summed E-state index contributed by atoms with van der Waals surface area (Å²) in [5.41, 5.74) is 2.87. The number of ether oxygens (including phenoxy) is 1. The molecule has 0 bridgehead atoms. The molecule has 1 heterocycles. The van der Waals surface area contributed by atoms with Crippen LogP contribution in [0, 0.1) is 6.92 Å². The van der Waals surface area contributed by atoms with Gasteiger partial charge in [0.1, 0.15) is 6.54 Å². The van der Waals surface area contributed by atoms with Gasteiger partial charge < -0.3 is 9.64 Å². The SMILES string of the molecule is COC(=O)CN(Cc1ccc(Cl)cc1)C(=O)c1cn(-c2ccc(C)cc2)nn1. The lowest BCUT2D eigenvalue weighted by Gasteiger charge is -2.20. The first-order valence-electron chi connectivity index (χ1n) is 8.56. The smallest absolute Gasteiger partial charge is 0.325 e. The van der Waals surface area contributed by atoms with E-state index in [1.54, 1.807) is 30.5 Å². The Balaban J connectivity index is 1.82. The molecule has 28 heavy (non-hydrogen) atoms. The molecule has 0 N–H and O–H groups in total. The average Bonchev–Trinajstić information content (AvgIpc) is 3.19. The Kier molecular flexibility index (Phi) is 6.06. The Morgan fingerprint density at radius 3 is 2.43 bits per heavy atom. The highest BCUT2D eigenvalue weighted by Gasteiger charge is 2.22. The van der Waals surface area contributed by atoms with Crippen molar-refractivity contribution in [3.63, 3.8) is 0 Å². The van der Waals surface area contributed by atoms with E-state index in [1.807, 2.05) is 31.2 Å². The molecule has 0 saturated heterocycles. The second kappa shape index (κ2) is 8.67. The minimum absolute atomic E-state index is 0.137. The molecule has 8 heteroatoms. The summed E-state index contributed by atoms with van der Waals surface area (Å²) in [6, 6.07) is 14.7. The largest absolute Gasteiger partial charge is 0.468 e. The molecule has 144 valence electrons. The van der Waals surface area contributed by atoms with Gasteiger partial charge in [0.05, 0.1) is 19.0 Å². The van der Waals surface area contributed by atoms with Crippen molar-refractivity contribution in [3.05, 3.63) is 76.6 Å². The molecule has 7 nitrogen and oxygen atoms in total. The summed E-state index contributed by atoms with van der Waals surface area (Å²) >= 11 is 5.91. The van der Waals surface area contributed by atoms with Gasteiger partial charge in [-0.25, -0.2) is 4.68 Å². The molecule has 3 aromatic rings. The lowest BCUT2D eigenvalue weighted by atomic mass is 10.2. The van der Waals surface area contributed by atoms with Crippen LogP contribution in [0.5, 0.6) is 0 Å². The Bertz CT molecular complexity index is 968. The molecular weight excluding hydrogens is 380 g/mol. The molecule has 1 aromatic heterocycles. The number of hydrogen-bond acceptors (Lipinski definition) is 5. The summed E-state index contributed by atoms with van der Waals surface area (Å²) in [7, 11) is 1.28. The third kappa shape index (κ3) is 4.75. The van der Waals surface area contributed by atoms with E-state index in [0.29, 0.717) is 5.02 Å². The number of aromatic nitrogens is 3. The van der Waals surface area contributed by atoms with Crippen LogP contribution < -0.4 is 0 Å². The zero-order chi connectivity index (χ0) is 20.1. The van der Waals surface area contributed by atoms with Gasteiger partial charge in [-0.05, 0) is 36.8 Å². The number of halogens is 1. The van der Waals surface area contributed by atoms with Gasteiger partial charge in [-0.15, -0.1) is 5.10 Å². The molecule has 0 atom stereocenters. The van der Waals surface area contributed by atoms with Crippen molar-refractivity contribution < 1.29 is 14.3 Å². The fourth-order valence-corrected chi connectivity index (χ4v) is 2.70. The van der Waals surface area contributed by atoms with Crippen LogP contribution in [0.3, 0.4) is 0 Å². The van der Waals surface area contributed by atoms with Crippen molar-refractivity contribution in [1.82, 2.24) is 19.9 Å². The first kappa shape index (κ1) is 19.6. The van der Waals surface area contributed by atoms with Gasteiger partial charge in [0.15, 0.2) is 5.69 Å². The summed E-state index contributed by atoms with van der Waals surface area (Å²) in [6.07, 6.45) is 1.54. The van der Waals surface area contributed by atoms with Gasteiger partial charge in [0, 0.05) is 11.6 Å². The van der Waals surface area contributed by atoms with E-state index in [2.05, 4.69) is 10.3 Å². The highest BCUT2D eigenvalue weighted by Crippen LogP contribution is 2.14. The Hall–Kier alpha value is -3.19. The minimum Gasteiger partial charge on any atom is -0.468 e. The molecule has 0 fully saturated rings. The van der Waals surface area contributed by atoms with Gasteiger partial charge in [-0.2, -0.15) is 0 Å². The number of aryl methyl sites for hydroxylation is 1. The molecule has 0 aliphatic heterocycles. The lowest BCUT2D eigenvalue weighted by molar-refractivity contribution is -0.141. The van der Waals surface area contributed by atoms with Crippen molar-refractivity contribution in [2.75, 3.05) is 13.7 Å². The topological polar surface area (TPSA) is 77.3 Å². The predicted molar refractivity (Wildman–Crippen MR) is 104 cm³/mol. The summed E-state index contributed by atoms with van der Waals surface area (Å²) in [5, 5.41) is 8.59. The molecule has 0 radical (unpaired) electrons. The van der Waals surface area contributed by atoms with Crippen LogP contribution in [0.2, 0.25) is 5.02 Å². The van der Waals surface area contributed by atoms with Crippen LogP contribution in [-0.2, 0) is 16.1 Å². The predicted octanol–water partition coefficient (Wildman–Crippen LogP) is 3.04. The molecule has 0 saturated carbocycles. The zero-order valence-corrected chi connectivity index (χ0v) is 16.3. The number of rotatable bonds is 6. The van der Waals surface area contributed by atoms with Gasteiger partial charge in [-0.3, -0.25) is 9.59 Å². The van der Waals surface area contributed by atoms with Crippen molar-refractivity contribution in [2.45, 2.75) is 13.5 Å². The molecular formula is C20H19ClN4O3. The highest BCUT2D eigenvalue weighted by atomic mass is 35.5. The van der Waals surface area contributed by atoms with Crippen molar-refractivity contribution in [2.24, 2.45) is 0 Å². The first-order valence-corrected chi connectivity index (χ1v) is 8.94. The fraction of sp³-hybridized carbons (Fsp3) is 0.200. The Labute approximate surface area is 167 Å². The third-order valence-corrected chi connectivity index (χ3v) is 4.38. The average molecular weight is 399 g/mol. The normalized spacial score (nSPS) is 10.5. The maximum atomic E-state index is 12.9. The van der Waals surface area contributed by atoms with Gasteiger partial charge in [0.2, 0.25) is 0 Å². The molecule has 1 amide bonds. The molecule has 0 spiro atoms. The van der Waals surface area contributed by atoms with Crippen LogP contribution in [0.25, 0.3) is 5.69 Å². The lowest BCUT2D eigenvalue weighted by Crippen LogP contribution is -2.36. The van der Waals surface area contributed by atoms with E-state index in [0.717, 1.165) is 16.8 Å². The zero-order valence-electron chi connectivity index (χ0n) is 15.5. The van der Waals surface area contributed by atoms with Crippen LogP contribution in [0.1, 0.15) is 21.6 Å². The first-order chi connectivity index (χ1) is 13.5. The maximum Gasteiger partial charge on any atom is 0.325 e. The summed E-state index contributed by atoms with van der Waals surface area (Å²) < 4.78 is 6.23. The van der Waals surface area contributed by atoms with Crippen molar-refractivity contribution >= 4 is 23.5 Å². The van der Waals surface area contributed by atoms with Crippen LogP contribution in [0.15, 0.2) is 54.7 Å². The standard InChI is InChI=1S/C20H19ClN4O3/c1-14-3-9-17(10-4-14)25-12-18(22-23-25)20(27)24(13-19(26)28-2)11-15-5-7-16(21)8-6-15/h3-10,12H,11,13H2,1-2H3. The Morgan fingerprint density at radius 2 is 1.79 bits per heavy atom. The van der Waals surface area contributed by atoms with Crippen LogP contribution in [0.4, 0.5) is 0 Å². The molecule has 2 aromatic carbocycles. The maximum absolute atomic E-state index is 12.9. The summed E-state index contributed by atoms with van der Waals surface area (Å²) in [6.45, 7) is 2.00. The summed E-state index contributed by atoms with van der Waals surface area (Å²) in [4.78, 5) is 26.1. The third-order valence-electron chi connectivity index (χ3n) is 4.13. The quantitative estimate of drug-likeness (QED) is 0.596. The number of carbonyl (C=O) groups excluding carboxylic acids is 2. The fourth-order valence-electron chi connectivity index (χ4n) is 2.58. The molecule has 0 aliphatic rings. The summed E-state index contributed by atoms with van der Waals surface area (Å²) in [5.74, 6) is -0.938.